The van der Waals surface area contributed by atoms with E-state index >= 15 is 0 Å². The summed E-state index contributed by atoms with van der Waals surface area (Å²) >= 11 is 6.22. The Bertz CT molecular complexity index is 1350. The van der Waals surface area contributed by atoms with E-state index in [4.69, 9.17) is 11.6 Å². The van der Waals surface area contributed by atoms with E-state index in [0.717, 1.165) is 16.3 Å². The summed E-state index contributed by atoms with van der Waals surface area (Å²) in [5, 5.41) is 5.25. The largest absolute Gasteiger partial charge is 0.348 e. The van der Waals surface area contributed by atoms with E-state index in [1.54, 1.807) is 18.2 Å². The molecule has 4 aromatic rings. The highest BCUT2D eigenvalue weighted by molar-refractivity contribution is 7.92. The molecule has 0 aliphatic carbocycles. The average molecular weight is 451 g/mol. The van der Waals surface area contributed by atoms with Gasteiger partial charge in [0.15, 0.2) is 0 Å². The summed E-state index contributed by atoms with van der Waals surface area (Å²) in [4.78, 5) is 12.9. The zero-order valence-corrected chi connectivity index (χ0v) is 18.0. The Hall–Kier alpha value is -3.35. The summed E-state index contributed by atoms with van der Waals surface area (Å²) in [6.45, 7) is 0.316. The van der Waals surface area contributed by atoms with Crippen LogP contribution in [0.1, 0.15) is 15.9 Å². The van der Waals surface area contributed by atoms with Gasteiger partial charge in [0.1, 0.15) is 0 Å². The first-order valence-corrected chi connectivity index (χ1v) is 11.4. The summed E-state index contributed by atoms with van der Waals surface area (Å²) < 4.78 is 27.6. The van der Waals surface area contributed by atoms with Gasteiger partial charge < -0.3 is 5.32 Å². The minimum Gasteiger partial charge on any atom is -0.348 e. The molecule has 0 radical (unpaired) electrons. The summed E-state index contributed by atoms with van der Waals surface area (Å²) in [5.74, 6) is -0.390. The second-order valence-corrected chi connectivity index (χ2v) is 9.02. The molecule has 0 saturated heterocycles. The molecule has 0 aliphatic heterocycles. The van der Waals surface area contributed by atoms with Gasteiger partial charge in [-0.1, -0.05) is 72.3 Å². The maximum Gasteiger partial charge on any atom is 0.261 e. The van der Waals surface area contributed by atoms with Gasteiger partial charge in [0.2, 0.25) is 0 Å². The Morgan fingerprint density at radius 1 is 0.839 bits per heavy atom. The van der Waals surface area contributed by atoms with Crippen molar-refractivity contribution in [1.82, 2.24) is 5.32 Å². The second-order valence-electron chi connectivity index (χ2n) is 6.93. The number of hydrogen-bond acceptors (Lipinski definition) is 3. The maximum absolute atomic E-state index is 12.8. The van der Waals surface area contributed by atoms with Gasteiger partial charge in [0, 0.05) is 12.2 Å². The third-order valence-electron chi connectivity index (χ3n) is 4.84. The van der Waals surface area contributed by atoms with E-state index in [1.807, 2.05) is 42.5 Å². The molecule has 156 valence electrons. The van der Waals surface area contributed by atoms with Gasteiger partial charge in [-0.2, -0.15) is 0 Å². The lowest BCUT2D eigenvalue weighted by Gasteiger charge is -2.12. The Kier molecular flexibility index (Phi) is 5.93. The summed E-state index contributed by atoms with van der Waals surface area (Å²) in [6.07, 6.45) is 0. The van der Waals surface area contributed by atoms with Crippen LogP contribution in [0.5, 0.6) is 0 Å². The smallest absolute Gasteiger partial charge is 0.261 e. The zero-order chi connectivity index (χ0) is 21.8. The van der Waals surface area contributed by atoms with Gasteiger partial charge in [0.05, 0.1) is 15.5 Å². The van der Waals surface area contributed by atoms with E-state index in [-0.39, 0.29) is 21.2 Å². The Morgan fingerprint density at radius 2 is 1.55 bits per heavy atom. The number of rotatable bonds is 6. The number of nitrogens with one attached hydrogen (secondary N) is 2. The molecule has 5 nitrogen and oxygen atoms in total. The van der Waals surface area contributed by atoms with Crippen LogP contribution in [0.15, 0.2) is 95.9 Å². The Labute approximate surface area is 185 Å². The molecule has 4 aromatic carbocycles. The number of halogens is 1. The predicted octanol–water partition coefficient (Wildman–Crippen LogP) is 5.22. The molecule has 0 aliphatic rings. The average Bonchev–Trinajstić information content (AvgIpc) is 2.79. The van der Waals surface area contributed by atoms with E-state index in [1.165, 1.54) is 30.3 Å². The van der Waals surface area contributed by atoms with Crippen molar-refractivity contribution in [3.8, 4) is 0 Å². The number of anilines is 1. The van der Waals surface area contributed by atoms with Crippen molar-refractivity contribution in [2.45, 2.75) is 11.4 Å². The minimum absolute atomic E-state index is 0.131. The van der Waals surface area contributed by atoms with Crippen LogP contribution in [0.3, 0.4) is 0 Å². The molecule has 4 rings (SSSR count). The molecular weight excluding hydrogens is 432 g/mol. The normalized spacial score (nSPS) is 11.3. The van der Waals surface area contributed by atoms with Crippen molar-refractivity contribution in [2.24, 2.45) is 0 Å². The van der Waals surface area contributed by atoms with Gasteiger partial charge in [-0.25, -0.2) is 8.42 Å². The highest BCUT2D eigenvalue weighted by atomic mass is 35.5. The first-order valence-electron chi connectivity index (χ1n) is 9.56. The SMILES string of the molecule is O=C(NCc1cccc2ccccc12)c1cc(NS(=O)(=O)c2ccccc2)ccc1Cl. The van der Waals surface area contributed by atoms with E-state index in [2.05, 4.69) is 10.0 Å². The van der Waals surface area contributed by atoms with Crippen LogP contribution in [0, 0.1) is 0 Å². The van der Waals surface area contributed by atoms with Gasteiger partial charge in [0.25, 0.3) is 15.9 Å². The van der Waals surface area contributed by atoms with Crippen molar-refractivity contribution in [3.05, 3.63) is 107 Å². The van der Waals surface area contributed by atoms with E-state index in [9.17, 15) is 13.2 Å². The molecule has 0 unspecified atom stereocenters. The number of sulfonamides is 1. The fourth-order valence-corrected chi connectivity index (χ4v) is 4.57. The fourth-order valence-electron chi connectivity index (χ4n) is 3.29. The van der Waals surface area contributed by atoms with Crippen LogP contribution >= 0.6 is 11.6 Å². The molecule has 0 saturated carbocycles. The molecule has 2 N–H and O–H groups in total. The number of carbonyl (C=O) groups is 1. The van der Waals surface area contributed by atoms with Crippen LogP contribution in [0.4, 0.5) is 5.69 Å². The molecule has 0 bridgehead atoms. The number of benzene rings is 4. The highest BCUT2D eigenvalue weighted by Gasteiger charge is 2.16. The first-order chi connectivity index (χ1) is 14.9. The number of amides is 1. The van der Waals surface area contributed by atoms with Crippen LogP contribution in [-0.4, -0.2) is 14.3 Å². The molecule has 0 atom stereocenters. The maximum atomic E-state index is 12.8. The van der Waals surface area contributed by atoms with Crippen molar-refractivity contribution in [1.29, 1.82) is 0 Å². The van der Waals surface area contributed by atoms with Crippen LogP contribution in [-0.2, 0) is 16.6 Å². The molecule has 31 heavy (non-hydrogen) atoms. The number of carbonyl (C=O) groups excluding carboxylic acids is 1. The highest BCUT2D eigenvalue weighted by Crippen LogP contribution is 2.24. The molecule has 7 heteroatoms. The standard InChI is InChI=1S/C24H19ClN2O3S/c25-23-14-13-19(27-31(29,30)20-10-2-1-3-11-20)15-22(23)24(28)26-16-18-9-6-8-17-7-4-5-12-21(17)18/h1-15,27H,16H2,(H,26,28). The van der Waals surface area contributed by atoms with Crippen molar-refractivity contribution >= 4 is 44.0 Å². The number of hydrogen-bond donors (Lipinski definition) is 2. The minimum atomic E-state index is -3.77. The Morgan fingerprint density at radius 3 is 2.35 bits per heavy atom. The second kappa shape index (κ2) is 8.79. The third kappa shape index (κ3) is 4.71. The third-order valence-corrected chi connectivity index (χ3v) is 6.56. The van der Waals surface area contributed by atoms with Crippen molar-refractivity contribution in [2.75, 3.05) is 4.72 Å². The van der Waals surface area contributed by atoms with Crippen LogP contribution < -0.4 is 10.0 Å². The van der Waals surface area contributed by atoms with Crippen molar-refractivity contribution < 1.29 is 13.2 Å². The van der Waals surface area contributed by atoms with E-state index in [0.29, 0.717) is 6.54 Å². The monoisotopic (exact) mass is 450 g/mol. The summed E-state index contributed by atoms with van der Waals surface area (Å²) in [7, 11) is -3.77. The van der Waals surface area contributed by atoms with Crippen LogP contribution in [0.25, 0.3) is 10.8 Å². The lowest BCUT2D eigenvalue weighted by Crippen LogP contribution is -2.23. The van der Waals surface area contributed by atoms with Gasteiger partial charge in [-0.3, -0.25) is 9.52 Å². The first kappa shape index (κ1) is 20.9. The number of fused-ring (bicyclic) bond motifs is 1. The Balaban J connectivity index is 1.53. The molecule has 0 fully saturated rings. The molecule has 0 spiro atoms. The molecule has 1 amide bonds. The summed E-state index contributed by atoms with van der Waals surface area (Å²) in [5.41, 5.74) is 1.42. The predicted molar refractivity (Wildman–Crippen MR) is 124 cm³/mol. The topological polar surface area (TPSA) is 75.3 Å². The quantitative estimate of drug-likeness (QED) is 0.422. The zero-order valence-electron chi connectivity index (χ0n) is 16.4. The van der Waals surface area contributed by atoms with Crippen LogP contribution in [0.2, 0.25) is 5.02 Å². The van der Waals surface area contributed by atoms with E-state index < -0.39 is 15.9 Å². The van der Waals surface area contributed by atoms with Gasteiger partial charge in [-0.05, 0) is 46.7 Å². The molecule has 0 aromatic heterocycles. The molecule has 0 heterocycles. The lowest BCUT2D eigenvalue weighted by molar-refractivity contribution is 0.0951. The summed E-state index contributed by atoms with van der Waals surface area (Å²) in [6, 6.07) is 26.3. The lowest BCUT2D eigenvalue weighted by atomic mass is 10.0. The van der Waals surface area contributed by atoms with Crippen molar-refractivity contribution in [3.63, 3.8) is 0 Å². The van der Waals surface area contributed by atoms with Gasteiger partial charge >= 0.3 is 0 Å². The fraction of sp³-hybridized carbons (Fsp3) is 0.0417. The van der Waals surface area contributed by atoms with Gasteiger partial charge in [-0.15, -0.1) is 0 Å². The molecular formula is C24H19ClN2O3S.